The van der Waals surface area contributed by atoms with E-state index in [-0.39, 0.29) is 18.5 Å². The van der Waals surface area contributed by atoms with E-state index in [1.54, 1.807) is 12.1 Å². The maximum absolute atomic E-state index is 12.9. The highest BCUT2D eigenvalue weighted by Crippen LogP contribution is 2.36. The molecule has 0 aromatic heterocycles. The molecule has 0 saturated carbocycles. The molecule has 1 aliphatic heterocycles. The van der Waals surface area contributed by atoms with Gasteiger partial charge in [-0.1, -0.05) is 29.8 Å². The van der Waals surface area contributed by atoms with Gasteiger partial charge in [-0.3, -0.25) is 9.10 Å². The maximum Gasteiger partial charge on any atom is 0.263 e. The monoisotopic (exact) mass is 402 g/mol. The third-order valence-corrected chi connectivity index (χ3v) is 6.07. The molecule has 2 atom stereocenters. The van der Waals surface area contributed by atoms with E-state index in [0.717, 1.165) is 28.5 Å². The van der Waals surface area contributed by atoms with Crippen LogP contribution in [-0.4, -0.2) is 33.2 Å². The minimum Gasteiger partial charge on any atom is -0.476 e. The molecule has 1 heterocycles. The lowest BCUT2D eigenvalue weighted by Gasteiger charge is -2.34. The SMILES string of the molecule is Cc1ccc([C@H](C)NC(=O)[C@@H]2CN(S(C)(=O)=O)c3cc(C)ccc3O2)c(C)c1. The highest BCUT2D eigenvalue weighted by molar-refractivity contribution is 7.92. The van der Waals surface area contributed by atoms with E-state index >= 15 is 0 Å². The van der Waals surface area contributed by atoms with E-state index in [1.165, 1.54) is 4.31 Å². The molecular formula is C21H26N2O4S. The van der Waals surface area contributed by atoms with Gasteiger partial charge in [0, 0.05) is 0 Å². The Morgan fingerprint density at radius 3 is 2.43 bits per heavy atom. The molecule has 28 heavy (non-hydrogen) atoms. The van der Waals surface area contributed by atoms with Crippen molar-refractivity contribution in [3.05, 3.63) is 58.7 Å². The molecule has 1 N–H and O–H groups in total. The van der Waals surface area contributed by atoms with Crippen molar-refractivity contribution in [3.8, 4) is 5.75 Å². The normalized spacial score (nSPS) is 17.5. The second-order valence-corrected chi connectivity index (χ2v) is 9.37. The standard InChI is InChI=1S/C21H26N2O4S/c1-13-6-8-17(15(3)10-13)16(4)22-21(24)20-12-23(28(5,25)26)18-11-14(2)7-9-19(18)27-20/h6-11,16,20H,12H2,1-5H3,(H,22,24)/t16-,20-/m0/s1. The number of nitrogens with zero attached hydrogens (tertiary/aromatic N) is 1. The number of anilines is 1. The van der Waals surface area contributed by atoms with Gasteiger partial charge in [0.15, 0.2) is 6.10 Å². The van der Waals surface area contributed by atoms with Crippen molar-refractivity contribution in [2.75, 3.05) is 17.1 Å². The molecular weight excluding hydrogens is 376 g/mol. The van der Waals surface area contributed by atoms with Crippen molar-refractivity contribution in [2.45, 2.75) is 39.8 Å². The summed E-state index contributed by atoms with van der Waals surface area (Å²) in [5.41, 5.74) is 4.66. The van der Waals surface area contributed by atoms with Crippen molar-refractivity contribution < 1.29 is 17.9 Å². The summed E-state index contributed by atoms with van der Waals surface area (Å²) in [7, 11) is -3.54. The van der Waals surface area contributed by atoms with Gasteiger partial charge in [0.05, 0.1) is 24.5 Å². The third kappa shape index (κ3) is 4.14. The van der Waals surface area contributed by atoms with E-state index in [9.17, 15) is 13.2 Å². The Morgan fingerprint density at radius 1 is 1.14 bits per heavy atom. The molecule has 0 unspecified atom stereocenters. The maximum atomic E-state index is 12.9. The molecule has 7 heteroatoms. The van der Waals surface area contributed by atoms with Gasteiger partial charge in [-0.15, -0.1) is 0 Å². The molecule has 0 saturated heterocycles. The molecule has 0 aliphatic carbocycles. The number of benzene rings is 2. The van der Waals surface area contributed by atoms with Crippen LogP contribution in [0.5, 0.6) is 5.75 Å². The summed E-state index contributed by atoms with van der Waals surface area (Å²) in [5, 5.41) is 2.95. The summed E-state index contributed by atoms with van der Waals surface area (Å²) in [5.74, 6) is 0.0499. The van der Waals surface area contributed by atoms with Crippen molar-refractivity contribution in [1.82, 2.24) is 5.32 Å². The predicted octanol–water partition coefficient (Wildman–Crippen LogP) is 3.02. The zero-order valence-corrected chi connectivity index (χ0v) is 17.6. The van der Waals surface area contributed by atoms with Crippen LogP contribution in [0.25, 0.3) is 0 Å². The fraction of sp³-hybridized carbons (Fsp3) is 0.381. The first-order chi connectivity index (χ1) is 13.1. The molecule has 3 rings (SSSR count). The zero-order chi connectivity index (χ0) is 20.6. The van der Waals surface area contributed by atoms with Crippen LogP contribution in [0.15, 0.2) is 36.4 Å². The number of amides is 1. The van der Waals surface area contributed by atoms with Crippen LogP contribution in [0.1, 0.15) is 35.2 Å². The zero-order valence-electron chi connectivity index (χ0n) is 16.8. The smallest absolute Gasteiger partial charge is 0.263 e. The molecule has 150 valence electrons. The van der Waals surface area contributed by atoms with E-state index in [0.29, 0.717) is 11.4 Å². The molecule has 0 fully saturated rings. The minimum atomic E-state index is -3.54. The Balaban J connectivity index is 1.83. The van der Waals surface area contributed by atoms with E-state index in [2.05, 4.69) is 11.4 Å². The van der Waals surface area contributed by atoms with E-state index < -0.39 is 16.1 Å². The van der Waals surface area contributed by atoms with Gasteiger partial charge in [-0.05, 0) is 56.5 Å². The highest BCUT2D eigenvalue weighted by Gasteiger charge is 2.35. The number of nitrogens with one attached hydrogen (secondary N) is 1. The number of rotatable bonds is 4. The predicted molar refractivity (Wildman–Crippen MR) is 110 cm³/mol. The number of aryl methyl sites for hydroxylation is 3. The fourth-order valence-corrected chi connectivity index (χ4v) is 4.41. The quantitative estimate of drug-likeness (QED) is 0.853. The van der Waals surface area contributed by atoms with Crippen LogP contribution < -0.4 is 14.4 Å². The number of hydrogen-bond acceptors (Lipinski definition) is 4. The second-order valence-electron chi connectivity index (χ2n) is 7.46. The molecule has 2 aromatic rings. The average Bonchev–Trinajstić information content (AvgIpc) is 2.59. The van der Waals surface area contributed by atoms with Gasteiger partial charge in [0.25, 0.3) is 5.91 Å². The second kappa shape index (κ2) is 7.47. The first-order valence-electron chi connectivity index (χ1n) is 9.19. The minimum absolute atomic E-state index is 0.0548. The van der Waals surface area contributed by atoms with Gasteiger partial charge < -0.3 is 10.1 Å². The fourth-order valence-electron chi connectivity index (χ4n) is 3.51. The number of carbonyl (C=O) groups is 1. The summed E-state index contributed by atoms with van der Waals surface area (Å²) < 4.78 is 31.7. The molecule has 6 nitrogen and oxygen atoms in total. The Labute approximate surface area is 166 Å². The lowest BCUT2D eigenvalue weighted by molar-refractivity contribution is -0.128. The number of sulfonamides is 1. The van der Waals surface area contributed by atoms with E-state index in [4.69, 9.17) is 4.74 Å². The molecule has 0 bridgehead atoms. The Morgan fingerprint density at radius 2 is 1.79 bits per heavy atom. The summed E-state index contributed by atoms with van der Waals surface area (Å²) in [6.45, 7) is 7.76. The molecule has 0 radical (unpaired) electrons. The van der Waals surface area contributed by atoms with Crippen LogP contribution in [-0.2, 0) is 14.8 Å². The third-order valence-electron chi connectivity index (χ3n) is 4.93. The first-order valence-corrected chi connectivity index (χ1v) is 11.0. The van der Waals surface area contributed by atoms with Crippen LogP contribution in [0, 0.1) is 20.8 Å². The van der Waals surface area contributed by atoms with Crippen molar-refractivity contribution in [1.29, 1.82) is 0 Å². The average molecular weight is 403 g/mol. The first kappa shape index (κ1) is 20.2. The number of hydrogen-bond donors (Lipinski definition) is 1. The van der Waals surface area contributed by atoms with Gasteiger partial charge >= 0.3 is 0 Å². The van der Waals surface area contributed by atoms with Crippen LogP contribution >= 0.6 is 0 Å². The lowest BCUT2D eigenvalue weighted by atomic mass is 10.00. The number of carbonyl (C=O) groups excluding carboxylic acids is 1. The van der Waals surface area contributed by atoms with Crippen LogP contribution in [0.3, 0.4) is 0 Å². The summed E-state index contributed by atoms with van der Waals surface area (Å²) in [6.07, 6.45) is 0.218. The van der Waals surface area contributed by atoms with Crippen molar-refractivity contribution in [3.63, 3.8) is 0 Å². The summed E-state index contributed by atoms with van der Waals surface area (Å²) >= 11 is 0. The van der Waals surface area contributed by atoms with Crippen molar-refractivity contribution >= 4 is 21.6 Å². The topological polar surface area (TPSA) is 75.7 Å². The van der Waals surface area contributed by atoms with Gasteiger partial charge in [-0.2, -0.15) is 0 Å². The molecule has 2 aromatic carbocycles. The van der Waals surface area contributed by atoms with E-state index in [1.807, 2.05) is 45.9 Å². The Hall–Kier alpha value is -2.54. The molecule has 1 aliphatic rings. The Kier molecular flexibility index (Phi) is 5.39. The molecule has 1 amide bonds. The molecule has 0 spiro atoms. The lowest BCUT2D eigenvalue weighted by Crippen LogP contribution is -2.50. The van der Waals surface area contributed by atoms with Crippen LogP contribution in [0.4, 0.5) is 5.69 Å². The van der Waals surface area contributed by atoms with Gasteiger partial charge in [0.1, 0.15) is 5.75 Å². The van der Waals surface area contributed by atoms with Gasteiger partial charge in [0.2, 0.25) is 10.0 Å². The van der Waals surface area contributed by atoms with Gasteiger partial charge in [-0.25, -0.2) is 8.42 Å². The largest absolute Gasteiger partial charge is 0.476 e. The Bertz CT molecular complexity index is 1020. The van der Waals surface area contributed by atoms with Crippen molar-refractivity contribution in [2.24, 2.45) is 0 Å². The number of fused-ring (bicyclic) bond motifs is 1. The summed E-state index contributed by atoms with van der Waals surface area (Å²) in [6, 6.07) is 11.1. The highest BCUT2D eigenvalue weighted by atomic mass is 32.2. The summed E-state index contributed by atoms with van der Waals surface area (Å²) in [4.78, 5) is 12.9. The van der Waals surface area contributed by atoms with Crippen LogP contribution in [0.2, 0.25) is 0 Å². The number of ether oxygens (including phenoxy) is 1.